The molecule has 0 saturated heterocycles. The molecule has 35 heavy (non-hydrogen) atoms. The van der Waals surface area contributed by atoms with Gasteiger partial charge >= 0.3 is 0 Å². The van der Waals surface area contributed by atoms with Crippen molar-refractivity contribution in [1.82, 2.24) is 0 Å². The van der Waals surface area contributed by atoms with E-state index in [0.717, 1.165) is 0 Å². The van der Waals surface area contributed by atoms with Crippen LogP contribution in [-0.4, -0.2) is 5.11 Å². The summed E-state index contributed by atoms with van der Waals surface area (Å²) in [6.45, 7) is 1.67. The molecule has 2 aromatic heterocycles. The first kappa shape index (κ1) is 21.8. The molecule has 6 aromatic rings. The molecule has 0 atom stereocenters. The first-order valence-electron chi connectivity index (χ1n) is 10.7. The zero-order valence-corrected chi connectivity index (χ0v) is 18.6. The Kier molecular flexibility index (Phi) is 5.66. The number of rotatable bonds is 1. The van der Waals surface area contributed by atoms with Crippen LogP contribution in [-0.2, 0) is 0 Å². The van der Waals surface area contributed by atoms with Gasteiger partial charge in [-0.15, -0.1) is 0 Å². The van der Waals surface area contributed by atoms with Gasteiger partial charge in [0.05, 0.1) is 16.2 Å². The number of benzene rings is 4. The minimum atomic E-state index is -0.106. The molecule has 0 fully saturated rings. The van der Waals surface area contributed by atoms with Crippen LogP contribution in [0.5, 0.6) is 11.5 Å². The number of aromatic hydroxyl groups is 1. The molecule has 0 aliphatic carbocycles. The van der Waals surface area contributed by atoms with Gasteiger partial charge in [-0.2, -0.15) is 0 Å². The van der Waals surface area contributed by atoms with E-state index in [1.165, 1.54) is 12.1 Å². The van der Waals surface area contributed by atoms with E-state index < -0.39 is 0 Å². The lowest BCUT2D eigenvalue weighted by Gasteiger charge is -2.04. The fourth-order valence-corrected chi connectivity index (χ4v) is 3.80. The largest absolute Gasteiger partial charge is 0.508 e. The van der Waals surface area contributed by atoms with E-state index in [0.29, 0.717) is 49.6 Å². The van der Waals surface area contributed by atoms with Crippen LogP contribution in [0.25, 0.3) is 43.9 Å². The molecule has 1 N–H and O–H groups in total. The van der Waals surface area contributed by atoms with E-state index >= 15 is 0 Å². The summed E-state index contributed by atoms with van der Waals surface area (Å²) in [7, 11) is 0. The van der Waals surface area contributed by atoms with Crippen LogP contribution in [0.2, 0.25) is 0 Å². The van der Waals surface area contributed by atoms with E-state index in [2.05, 4.69) is 12.0 Å². The minimum absolute atomic E-state index is 0.0724. The molecule has 0 aliphatic heterocycles. The Morgan fingerprint density at radius 2 is 1.29 bits per heavy atom. The predicted octanol–water partition coefficient (Wildman–Crippen LogP) is 5.96. The molecular weight excluding hydrogens is 444 g/mol. The van der Waals surface area contributed by atoms with Crippen LogP contribution in [0, 0.1) is 12.0 Å². The van der Waals surface area contributed by atoms with Gasteiger partial charge in [-0.1, -0.05) is 36.3 Å². The lowest BCUT2D eigenvalue weighted by atomic mass is 10.1. The minimum Gasteiger partial charge on any atom is -0.508 e. The Morgan fingerprint density at radius 3 is 2.00 bits per heavy atom. The molecule has 6 rings (SSSR count). The van der Waals surface area contributed by atoms with Crippen molar-refractivity contribution in [3.05, 3.63) is 105 Å². The standard InChI is InChI=1S/C16H10O3.C13H8O3/c1-2-10-18-13-8-5-9-14-15(13)16(17)11-6-3-4-7-12(11)19-14;14-8-5-6-10-12(7-8)16-11-4-2-1-3-9(11)13(10)15/h3-9H,1H3;1-7,14H. The Morgan fingerprint density at radius 1 is 0.686 bits per heavy atom. The Bertz CT molecular complexity index is 1900. The predicted molar refractivity (Wildman–Crippen MR) is 136 cm³/mol. The first-order chi connectivity index (χ1) is 17.1. The highest BCUT2D eigenvalue weighted by molar-refractivity contribution is 5.93. The fourth-order valence-electron chi connectivity index (χ4n) is 3.80. The van der Waals surface area contributed by atoms with Crippen molar-refractivity contribution in [2.24, 2.45) is 0 Å². The number of hydrogen-bond acceptors (Lipinski definition) is 6. The summed E-state index contributed by atoms with van der Waals surface area (Å²) in [5.74, 6) is 3.14. The first-order valence-corrected chi connectivity index (χ1v) is 10.7. The van der Waals surface area contributed by atoms with E-state index in [1.807, 2.05) is 6.07 Å². The maximum Gasteiger partial charge on any atom is 0.204 e. The van der Waals surface area contributed by atoms with Crippen molar-refractivity contribution in [3.63, 3.8) is 0 Å². The third-order valence-corrected chi connectivity index (χ3v) is 5.39. The quantitative estimate of drug-likeness (QED) is 0.240. The molecule has 0 radical (unpaired) electrons. The van der Waals surface area contributed by atoms with Crippen molar-refractivity contribution in [2.75, 3.05) is 0 Å². The highest BCUT2D eigenvalue weighted by Gasteiger charge is 2.12. The average molecular weight is 462 g/mol. The number of phenols is 1. The van der Waals surface area contributed by atoms with E-state index in [4.69, 9.17) is 13.6 Å². The Labute approximate surface area is 198 Å². The molecule has 0 bridgehead atoms. The van der Waals surface area contributed by atoms with Gasteiger partial charge in [0, 0.05) is 13.0 Å². The van der Waals surface area contributed by atoms with Gasteiger partial charge in [0.2, 0.25) is 10.9 Å². The van der Waals surface area contributed by atoms with Crippen LogP contribution < -0.4 is 15.6 Å². The number of para-hydroxylation sites is 2. The van der Waals surface area contributed by atoms with Crippen LogP contribution in [0.1, 0.15) is 6.92 Å². The lowest BCUT2D eigenvalue weighted by molar-refractivity contribution is 0.474. The second-order valence-electron chi connectivity index (χ2n) is 7.62. The number of hydrogen-bond donors (Lipinski definition) is 1. The zero-order valence-electron chi connectivity index (χ0n) is 18.6. The molecule has 2 heterocycles. The van der Waals surface area contributed by atoms with Gasteiger partial charge in [0.1, 0.15) is 39.6 Å². The van der Waals surface area contributed by atoms with Gasteiger partial charge in [-0.25, -0.2) is 0 Å². The van der Waals surface area contributed by atoms with E-state index in [-0.39, 0.29) is 16.6 Å². The number of ether oxygens (including phenoxy) is 1. The SMILES string of the molecule is CC#COc1cccc2oc3ccccc3c(=O)c12.O=c1c2ccccc2oc2cc(O)ccc12. The second kappa shape index (κ2) is 9.08. The molecule has 170 valence electrons. The van der Waals surface area contributed by atoms with Crippen LogP contribution in [0.3, 0.4) is 0 Å². The zero-order chi connectivity index (χ0) is 24.4. The maximum absolute atomic E-state index is 12.5. The van der Waals surface area contributed by atoms with Crippen LogP contribution in [0.4, 0.5) is 0 Å². The van der Waals surface area contributed by atoms with Crippen LogP contribution >= 0.6 is 0 Å². The fraction of sp³-hybridized carbons (Fsp3) is 0.0345. The van der Waals surface area contributed by atoms with Gasteiger partial charge in [0.15, 0.2) is 5.75 Å². The Balaban J connectivity index is 0.000000147. The number of phenolic OH excluding ortho intramolecular Hbond substituents is 1. The van der Waals surface area contributed by atoms with Crippen LogP contribution in [0.15, 0.2) is 103 Å². The molecule has 0 aliphatic rings. The summed E-state index contributed by atoms with van der Waals surface area (Å²) in [4.78, 5) is 24.5. The van der Waals surface area contributed by atoms with Crippen molar-refractivity contribution in [3.8, 4) is 23.5 Å². The molecule has 0 spiro atoms. The van der Waals surface area contributed by atoms with Crippen molar-refractivity contribution in [2.45, 2.75) is 6.92 Å². The summed E-state index contributed by atoms with van der Waals surface area (Å²) in [6, 6.07) is 23.9. The summed E-state index contributed by atoms with van der Waals surface area (Å²) in [5, 5.41) is 11.3. The topological polar surface area (TPSA) is 89.9 Å². The van der Waals surface area contributed by atoms with Gasteiger partial charge < -0.3 is 18.7 Å². The molecule has 0 amide bonds. The summed E-state index contributed by atoms with van der Waals surface area (Å²) in [5.41, 5.74) is 1.83. The smallest absolute Gasteiger partial charge is 0.204 e. The highest BCUT2D eigenvalue weighted by atomic mass is 16.5. The molecule has 0 saturated carbocycles. The summed E-state index contributed by atoms with van der Waals surface area (Å²) in [6.07, 6.45) is 2.50. The lowest BCUT2D eigenvalue weighted by Crippen LogP contribution is -2.03. The van der Waals surface area contributed by atoms with Crippen molar-refractivity contribution < 1.29 is 18.7 Å². The van der Waals surface area contributed by atoms with Gasteiger partial charge in [-0.05, 0) is 48.5 Å². The van der Waals surface area contributed by atoms with Gasteiger partial charge in [-0.3, -0.25) is 9.59 Å². The third kappa shape index (κ3) is 4.07. The molecule has 4 aromatic carbocycles. The monoisotopic (exact) mass is 462 g/mol. The highest BCUT2D eigenvalue weighted by Crippen LogP contribution is 2.26. The molecule has 0 unspecified atom stereocenters. The molecule has 6 nitrogen and oxygen atoms in total. The molecular formula is C29H18O6. The average Bonchev–Trinajstić information content (AvgIpc) is 2.88. The third-order valence-electron chi connectivity index (χ3n) is 5.39. The Hall–Kier alpha value is -5.02. The van der Waals surface area contributed by atoms with Gasteiger partial charge in [0.25, 0.3) is 0 Å². The summed E-state index contributed by atoms with van der Waals surface area (Å²) >= 11 is 0. The second-order valence-corrected chi connectivity index (χ2v) is 7.62. The number of fused-ring (bicyclic) bond motifs is 4. The maximum atomic E-state index is 12.5. The molecule has 6 heteroatoms. The summed E-state index contributed by atoms with van der Waals surface area (Å²) < 4.78 is 16.5. The van der Waals surface area contributed by atoms with E-state index in [1.54, 1.807) is 73.7 Å². The van der Waals surface area contributed by atoms with Crippen molar-refractivity contribution >= 4 is 43.9 Å². The normalized spacial score (nSPS) is 10.5. The van der Waals surface area contributed by atoms with E-state index in [9.17, 15) is 14.7 Å². The van der Waals surface area contributed by atoms with Crippen molar-refractivity contribution in [1.29, 1.82) is 0 Å².